The molecule has 1 aromatic carbocycles. The summed E-state index contributed by atoms with van der Waals surface area (Å²) in [4.78, 5) is 118. The number of rotatable bonds is 26. The molecular weight excluding hydrogens is 816 g/mol. The summed E-state index contributed by atoms with van der Waals surface area (Å²) in [5, 5.41) is 53.8. The zero-order valence-corrected chi connectivity index (χ0v) is 34.0. The van der Waals surface area contributed by atoms with Crippen LogP contribution >= 0.6 is 0 Å². The molecule has 24 heteroatoms. The van der Waals surface area contributed by atoms with Crippen molar-refractivity contribution in [3.05, 3.63) is 66.3 Å². The van der Waals surface area contributed by atoms with Gasteiger partial charge in [0.1, 0.15) is 42.0 Å². The van der Waals surface area contributed by atoms with E-state index in [2.05, 4.69) is 51.8 Å². The number of hydrogen-bond donors (Lipinski definition) is 14. The second-order valence-corrected chi connectivity index (χ2v) is 14.7. The number of amides is 7. The molecule has 7 atom stereocenters. The van der Waals surface area contributed by atoms with Crippen LogP contribution in [0.1, 0.15) is 50.1 Å². The van der Waals surface area contributed by atoms with E-state index in [-0.39, 0.29) is 37.4 Å². The molecule has 0 aliphatic heterocycles. The van der Waals surface area contributed by atoms with Crippen molar-refractivity contribution in [2.24, 2.45) is 17.4 Å². The molecule has 0 radical (unpaired) electrons. The molecular formula is C38H54N12O12. The van der Waals surface area contributed by atoms with E-state index in [0.29, 0.717) is 17.0 Å². The largest absolute Gasteiger partial charge is 0.508 e. The van der Waals surface area contributed by atoms with Gasteiger partial charge in [0.05, 0.1) is 31.9 Å². The highest BCUT2D eigenvalue weighted by Crippen LogP contribution is 2.13. The first kappa shape index (κ1) is 49.4. The van der Waals surface area contributed by atoms with Crippen molar-refractivity contribution in [3.63, 3.8) is 0 Å². The Morgan fingerprint density at radius 1 is 0.629 bits per heavy atom. The SMILES string of the molecule is CC(C)C[C@H](NC(=O)[C@H](CO)NC(=O)[C@@H](N)Cc1cnc[nH]1)C(=O)N[C@@H](Cc1ccc(O)cc1)C(=O)N[C@@H](CCC(N)=O)C(=O)N[C@@H](CO)C(=O)N[C@@H](Cc1cnc[nH]1)C(=O)O. The van der Waals surface area contributed by atoms with Crippen LogP contribution in [0.5, 0.6) is 5.75 Å². The Hall–Kier alpha value is -6.92. The zero-order chi connectivity index (χ0) is 45.9. The first-order valence-electron chi connectivity index (χ1n) is 19.4. The topological polar surface area (TPSA) is 399 Å². The lowest BCUT2D eigenvalue weighted by atomic mass is 10.00. The van der Waals surface area contributed by atoms with Gasteiger partial charge in [-0.1, -0.05) is 26.0 Å². The van der Waals surface area contributed by atoms with Crippen LogP contribution in [0, 0.1) is 5.92 Å². The van der Waals surface area contributed by atoms with Crippen LogP contribution in [0.4, 0.5) is 0 Å². The molecule has 7 amide bonds. The van der Waals surface area contributed by atoms with E-state index in [4.69, 9.17) is 11.5 Å². The Bertz CT molecular complexity index is 1960. The van der Waals surface area contributed by atoms with E-state index in [0.717, 1.165) is 0 Å². The number of aromatic hydroxyl groups is 1. The Balaban J connectivity index is 1.82. The number of nitrogens with one attached hydrogen (secondary N) is 8. The van der Waals surface area contributed by atoms with Gasteiger partial charge in [0.2, 0.25) is 41.4 Å². The van der Waals surface area contributed by atoms with E-state index in [1.807, 2.05) is 0 Å². The van der Waals surface area contributed by atoms with Crippen LogP contribution in [-0.4, -0.2) is 143 Å². The number of hydrogen-bond acceptors (Lipinski definition) is 14. The summed E-state index contributed by atoms with van der Waals surface area (Å²) in [6.45, 7) is 1.62. The fraction of sp³-hybridized carbons (Fsp3) is 0.474. The maximum Gasteiger partial charge on any atom is 0.326 e. The van der Waals surface area contributed by atoms with Crippen LogP contribution in [-0.2, 0) is 57.6 Å². The minimum atomic E-state index is -1.73. The smallest absolute Gasteiger partial charge is 0.326 e. The summed E-state index contributed by atoms with van der Waals surface area (Å²) in [6, 6.07) is -4.80. The van der Waals surface area contributed by atoms with E-state index >= 15 is 0 Å². The highest BCUT2D eigenvalue weighted by atomic mass is 16.4. The quantitative estimate of drug-likeness (QED) is 0.0362. The number of aliphatic carboxylic acids is 1. The maximum atomic E-state index is 14.0. The molecule has 0 aliphatic rings. The van der Waals surface area contributed by atoms with Crippen LogP contribution in [0.3, 0.4) is 0 Å². The van der Waals surface area contributed by atoms with Gasteiger partial charge in [-0.2, -0.15) is 0 Å². The number of phenols is 1. The van der Waals surface area contributed by atoms with E-state index in [9.17, 15) is 58.8 Å². The van der Waals surface area contributed by atoms with Gasteiger partial charge in [-0.25, -0.2) is 14.8 Å². The third kappa shape index (κ3) is 16.3. The number of carboxylic acid groups (broad SMARTS) is 1. The molecule has 0 unspecified atom stereocenters. The molecule has 0 fully saturated rings. The molecule has 0 bridgehead atoms. The number of imidazole rings is 2. The van der Waals surface area contributed by atoms with Crippen molar-refractivity contribution in [1.82, 2.24) is 51.8 Å². The van der Waals surface area contributed by atoms with Crippen molar-refractivity contribution < 1.29 is 58.8 Å². The molecule has 16 N–H and O–H groups in total. The minimum Gasteiger partial charge on any atom is -0.508 e. The predicted octanol–water partition coefficient (Wildman–Crippen LogP) is -4.52. The highest BCUT2D eigenvalue weighted by Gasteiger charge is 2.34. The summed E-state index contributed by atoms with van der Waals surface area (Å²) < 4.78 is 0. The van der Waals surface area contributed by atoms with Crippen molar-refractivity contribution in [3.8, 4) is 5.75 Å². The van der Waals surface area contributed by atoms with E-state index < -0.39 is 116 Å². The first-order chi connectivity index (χ1) is 29.4. The van der Waals surface area contributed by atoms with Crippen molar-refractivity contribution in [2.45, 2.75) is 94.7 Å². The number of carbonyl (C=O) groups is 8. The fourth-order valence-electron chi connectivity index (χ4n) is 5.91. The van der Waals surface area contributed by atoms with Crippen LogP contribution in [0.25, 0.3) is 0 Å². The molecule has 3 rings (SSSR count). The second kappa shape index (κ2) is 24.4. The zero-order valence-electron chi connectivity index (χ0n) is 34.0. The van der Waals surface area contributed by atoms with Gasteiger partial charge in [0, 0.05) is 49.5 Å². The summed E-state index contributed by atoms with van der Waals surface area (Å²) in [5.41, 5.74) is 12.6. The third-order valence-corrected chi connectivity index (χ3v) is 9.22. The van der Waals surface area contributed by atoms with E-state index in [1.165, 1.54) is 49.3 Å². The van der Waals surface area contributed by atoms with Gasteiger partial charge in [0.25, 0.3) is 0 Å². The lowest BCUT2D eigenvalue weighted by Crippen LogP contribution is -2.61. The van der Waals surface area contributed by atoms with Gasteiger partial charge in [-0.05, 0) is 36.5 Å². The summed E-state index contributed by atoms with van der Waals surface area (Å²) >= 11 is 0. The number of nitrogens with zero attached hydrogens (tertiary/aromatic N) is 2. The number of aliphatic hydroxyl groups is 2. The van der Waals surface area contributed by atoms with Gasteiger partial charge < -0.3 is 73.8 Å². The Morgan fingerprint density at radius 3 is 1.58 bits per heavy atom. The average Bonchev–Trinajstić information content (AvgIpc) is 3.94. The molecule has 0 saturated heterocycles. The number of aromatic nitrogens is 4. The summed E-state index contributed by atoms with van der Waals surface area (Å²) in [6.07, 6.45) is 4.21. The summed E-state index contributed by atoms with van der Waals surface area (Å²) in [7, 11) is 0. The predicted molar refractivity (Wildman–Crippen MR) is 216 cm³/mol. The number of aromatic amines is 2. The average molecular weight is 871 g/mol. The molecule has 2 aromatic heterocycles. The highest BCUT2D eigenvalue weighted by molar-refractivity contribution is 5.97. The number of benzene rings is 1. The molecule has 0 aliphatic carbocycles. The van der Waals surface area contributed by atoms with Crippen LogP contribution in [0.15, 0.2) is 49.3 Å². The van der Waals surface area contributed by atoms with Gasteiger partial charge in [0.15, 0.2) is 0 Å². The van der Waals surface area contributed by atoms with Crippen molar-refractivity contribution in [2.75, 3.05) is 13.2 Å². The maximum absolute atomic E-state index is 14.0. The third-order valence-electron chi connectivity index (χ3n) is 9.22. The van der Waals surface area contributed by atoms with Crippen molar-refractivity contribution in [1.29, 1.82) is 0 Å². The number of phenolic OH excluding ortho intramolecular Hbond substituents is 1. The second-order valence-electron chi connectivity index (χ2n) is 14.7. The van der Waals surface area contributed by atoms with Crippen LogP contribution in [0.2, 0.25) is 0 Å². The summed E-state index contributed by atoms with van der Waals surface area (Å²) in [5.74, 6) is -8.41. The monoisotopic (exact) mass is 870 g/mol. The van der Waals surface area contributed by atoms with E-state index in [1.54, 1.807) is 13.8 Å². The lowest BCUT2D eigenvalue weighted by molar-refractivity contribution is -0.142. The normalized spacial score (nSPS) is 14.5. The number of H-pyrrole nitrogens is 2. The minimum absolute atomic E-state index is 0.00936. The van der Waals surface area contributed by atoms with Crippen molar-refractivity contribution >= 4 is 47.3 Å². The molecule has 62 heavy (non-hydrogen) atoms. The molecule has 24 nitrogen and oxygen atoms in total. The molecule has 0 spiro atoms. The Morgan fingerprint density at radius 2 is 1.08 bits per heavy atom. The van der Waals surface area contributed by atoms with Gasteiger partial charge in [-0.3, -0.25) is 33.6 Å². The fourth-order valence-corrected chi connectivity index (χ4v) is 5.91. The van der Waals surface area contributed by atoms with Gasteiger partial charge >= 0.3 is 5.97 Å². The number of aliphatic hydroxyl groups excluding tert-OH is 2. The number of carbonyl (C=O) groups excluding carboxylic acids is 7. The molecule has 2 heterocycles. The number of carboxylic acids is 1. The van der Waals surface area contributed by atoms with Crippen LogP contribution < -0.4 is 43.4 Å². The first-order valence-corrected chi connectivity index (χ1v) is 19.4. The molecule has 0 saturated carbocycles. The molecule has 338 valence electrons. The number of nitrogens with two attached hydrogens (primary N) is 2. The Kier molecular flexibility index (Phi) is 19.4. The lowest BCUT2D eigenvalue weighted by Gasteiger charge is -2.28. The standard InChI is InChI=1S/C38H54N12O12/c1-19(2)9-26(46-36(59)29(15-51)49-32(55)24(39)11-21-13-41-17-43-21)34(57)47-27(10-20-3-5-23(53)6-4-20)35(58)45-25(7-8-31(40)54)33(56)50-30(16-52)37(60)48-28(38(61)62)12-22-14-42-18-44-22/h3-6,13-14,17-19,24-30,51-53H,7-12,15-16,39H2,1-2H3,(H2,40,54)(H,41,43)(H,42,44)(H,45,58)(H,46,59)(H,47,57)(H,48,60)(H,49,55)(H,50,56)(H,61,62)/t24-,25-,26-,27-,28-,29-,30-/m0/s1. The Labute approximate surface area is 354 Å². The number of primary amides is 1. The molecule has 3 aromatic rings. The van der Waals surface area contributed by atoms with Gasteiger partial charge in [-0.15, -0.1) is 0 Å².